The van der Waals surface area contributed by atoms with Crippen LogP contribution >= 0.6 is 27.3 Å². The van der Waals surface area contributed by atoms with Crippen LogP contribution in [0.4, 0.5) is 0 Å². The Hall–Kier alpha value is -1.07. The molecule has 2 rings (SSSR count). The third-order valence-electron chi connectivity index (χ3n) is 2.12. The van der Waals surface area contributed by atoms with Crippen molar-refractivity contribution >= 4 is 33.2 Å². The summed E-state index contributed by atoms with van der Waals surface area (Å²) < 4.78 is 6.16. The number of hydrogen-bond acceptors (Lipinski definition) is 3. The van der Waals surface area contributed by atoms with Crippen molar-refractivity contribution in [2.24, 2.45) is 0 Å². The first-order valence-corrected chi connectivity index (χ1v) is 6.34. The van der Waals surface area contributed by atoms with Crippen molar-refractivity contribution in [3.63, 3.8) is 0 Å². The number of nitrogens with one attached hydrogen (secondary N) is 1. The Labute approximate surface area is 106 Å². The molecule has 0 fully saturated rings. The van der Waals surface area contributed by atoms with Gasteiger partial charge in [-0.2, -0.15) is 0 Å². The Kier molecular flexibility index (Phi) is 3.46. The van der Waals surface area contributed by atoms with Gasteiger partial charge in [-0.3, -0.25) is 4.79 Å². The van der Waals surface area contributed by atoms with E-state index in [2.05, 4.69) is 21.2 Å². The van der Waals surface area contributed by atoms with Crippen LogP contribution in [0.2, 0.25) is 0 Å². The summed E-state index contributed by atoms with van der Waals surface area (Å²) in [7, 11) is 0. The minimum Gasteiger partial charge on any atom is -0.459 e. The highest BCUT2D eigenvalue weighted by Gasteiger charge is 2.12. The summed E-state index contributed by atoms with van der Waals surface area (Å²) in [6, 6.07) is 5.71. The van der Waals surface area contributed by atoms with Crippen molar-refractivity contribution in [1.29, 1.82) is 0 Å². The van der Waals surface area contributed by atoms with Gasteiger partial charge in [0.2, 0.25) is 0 Å². The van der Waals surface area contributed by atoms with Gasteiger partial charge < -0.3 is 9.73 Å². The van der Waals surface area contributed by atoms with Crippen LogP contribution in [0.25, 0.3) is 0 Å². The van der Waals surface area contributed by atoms with Crippen molar-refractivity contribution in [2.75, 3.05) is 0 Å². The van der Waals surface area contributed by atoms with Gasteiger partial charge in [0.25, 0.3) is 5.91 Å². The Morgan fingerprint density at radius 1 is 1.50 bits per heavy atom. The van der Waals surface area contributed by atoms with Gasteiger partial charge in [-0.15, -0.1) is 11.3 Å². The predicted octanol–water partition coefficient (Wildman–Crippen LogP) is 3.34. The maximum atomic E-state index is 11.7. The average Bonchev–Trinajstić information content (AvgIpc) is 2.84. The van der Waals surface area contributed by atoms with E-state index in [1.54, 1.807) is 17.4 Å². The van der Waals surface area contributed by atoms with Gasteiger partial charge in [-0.25, -0.2) is 0 Å². The lowest BCUT2D eigenvalue weighted by Crippen LogP contribution is -2.22. The molecule has 1 amide bonds. The smallest absolute Gasteiger partial charge is 0.287 e. The Morgan fingerprint density at radius 3 is 2.88 bits per heavy atom. The molecule has 0 aliphatic heterocycles. The van der Waals surface area contributed by atoms with Crippen molar-refractivity contribution in [2.45, 2.75) is 13.5 Å². The summed E-state index contributed by atoms with van der Waals surface area (Å²) in [5.74, 6) is 0.211. The van der Waals surface area contributed by atoms with E-state index in [1.165, 1.54) is 6.26 Å². The number of amides is 1. The monoisotopic (exact) mass is 299 g/mol. The number of hydrogen-bond donors (Lipinski definition) is 1. The zero-order chi connectivity index (χ0) is 11.5. The minimum absolute atomic E-state index is 0.174. The molecule has 1 N–H and O–H groups in total. The number of furan rings is 1. The molecular weight excluding hydrogens is 290 g/mol. The maximum Gasteiger partial charge on any atom is 0.287 e. The lowest BCUT2D eigenvalue weighted by atomic mass is 10.2. The molecule has 5 heteroatoms. The first kappa shape index (κ1) is 11.4. The van der Waals surface area contributed by atoms with E-state index >= 15 is 0 Å². The molecule has 0 saturated heterocycles. The lowest BCUT2D eigenvalue weighted by Gasteiger charge is -2.01. The highest BCUT2D eigenvalue weighted by atomic mass is 79.9. The molecule has 2 aromatic heterocycles. The van der Waals surface area contributed by atoms with Crippen LogP contribution in [0.3, 0.4) is 0 Å². The lowest BCUT2D eigenvalue weighted by molar-refractivity contribution is 0.0922. The van der Waals surface area contributed by atoms with Gasteiger partial charge in [0.1, 0.15) is 0 Å². The standard InChI is InChI=1S/C11H10BrNO2S/c1-7-4-5-15-10(7)11(14)13-6-8-2-3-9(12)16-8/h2-5H,6H2,1H3,(H,13,14). The second-order valence-electron chi connectivity index (χ2n) is 3.32. The van der Waals surface area contributed by atoms with Crippen LogP contribution in [-0.4, -0.2) is 5.91 Å². The first-order chi connectivity index (χ1) is 7.66. The number of thiophene rings is 1. The minimum atomic E-state index is -0.174. The van der Waals surface area contributed by atoms with Gasteiger partial charge in [-0.1, -0.05) is 0 Å². The first-order valence-electron chi connectivity index (χ1n) is 4.73. The van der Waals surface area contributed by atoms with Gasteiger partial charge in [0.15, 0.2) is 5.76 Å². The summed E-state index contributed by atoms with van der Waals surface area (Å²) in [6.45, 7) is 2.37. The fourth-order valence-corrected chi connectivity index (χ4v) is 2.72. The highest BCUT2D eigenvalue weighted by molar-refractivity contribution is 9.11. The average molecular weight is 300 g/mol. The zero-order valence-corrected chi connectivity index (χ0v) is 11.0. The molecule has 0 unspecified atom stereocenters. The molecule has 0 radical (unpaired) electrons. The summed E-state index contributed by atoms with van der Waals surface area (Å²) >= 11 is 4.98. The fraction of sp³-hybridized carbons (Fsp3) is 0.182. The summed E-state index contributed by atoms with van der Waals surface area (Å²) in [5, 5.41) is 2.81. The van der Waals surface area contributed by atoms with E-state index in [0.717, 1.165) is 14.2 Å². The molecular formula is C11H10BrNO2S. The molecule has 2 aromatic rings. The molecule has 0 aliphatic carbocycles. The van der Waals surface area contributed by atoms with Crippen LogP contribution < -0.4 is 5.32 Å². The number of carbonyl (C=O) groups is 1. The number of aryl methyl sites for hydroxylation is 1. The normalized spacial score (nSPS) is 10.4. The van der Waals surface area contributed by atoms with E-state index in [4.69, 9.17) is 4.42 Å². The van der Waals surface area contributed by atoms with E-state index in [0.29, 0.717) is 12.3 Å². The second kappa shape index (κ2) is 4.84. The van der Waals surface area contributed by atoms with Gasteiger partial charge >= 0.3 is 0 Å². The highest BCUT2D eigenvalue weighted by Crippen LogP contribution is 2.21. The van der Waals surface area contributed by atoms with E-state index in [1.807, 2.05) is 19.1 Å². The maximum absolute atomic E-state index is 11.7. The number of halogens is 1. The Morgan fingerprint density at radius 2 is 2.31 bits per heavy atom. The van der Waals surface area contributed by atoms with Crippen LogP contribution in [-0.2, 0) is 6.54 Å². The molecule has 0 spiro atoms. The fourth-order valence-electron chi connectivity index (χ4n) is 1.30. The van der Waals surface area contributed by atoms with Crippen molar-refractivity contribution < 1.29 is 9.21 Å². The van der Waals surface area contributed by atoms with Crippen LogP contribution in [0, 0.1) is 6.92 Å². The third-order valence-corrected chi connectivity index (χ3v) is 3.74. The molecule has 0 bridgehead atoms. The summed E-state index contributed by atoms with van der Waals surface area (Å²) in [5.41, 5.74) is 0.852. The van der Waals surface area contributed by atoms with E-state index < -0.39 is 0 Å². The SMILES string of the molecule is Cc1ccoc1C(=O)NCc1ccc(Br)s1. The van der Waals surface area contributed by atoms with Gasteiger partial charge in [0.05, 0.1) is 16.6 Å². The number of carbonyl (C=O) groups excluding carboxylic acids is 1. The van der Waals surface area contributed by atoms with Gasteiger partial charge in [-0.05, 0) is 41.1 Å². The van der Waals surface area contributed by atoms with Crippen LogP contribution in [0.15, 0.2) is 32.7 Å². The number of rotatable bonds is 3. The second-order valence-corrected chi connectivity index (χ2v) is 5.87. The molecule has 3 nitrogen and oxygen atoms in total. The third kappa shape index (κ3) is 2.54. The molecule has 0 aliphatic rings. The summed E-state index contributed by atoms with van der Waals surface area (Å²) in [6.07, 6.45) is 1.52. The van der Waals surface area contributed by atoms with E-state index in [-0.39, 0.29) is 5.91 Å². The van der Waals surface area contributed by atoms with Crippen molar-refractivity contribution in [3.8, 4) is 0 Å². The van der Waals surface area contributed by atoms with Crippen molar-refractivity contribution in [3.05, 3.63) is 44.4 Å². The summed E-state index contributed by atoms with van der Waals surface area (Å²) in [4.78, 5) is 12.8. The molecule has 0 saturated carbocycles. The quantitative estimate of drug-likeness (QED) is 0.944. The van der Waals surface area contributed by atoms with Gasteiger partial charge in [0, 0.05) is 10.4 Å². The molecule has 16 heavy (non-hydrogen) atoms. The topological polar surface area (TPSA) is 42.2 Å². The van der Waals surface area contributed by atoms with Crippen LogP contribution in [0.1, 0.15) is 21.0 Å². The van der Waals surface area contributed by atoms with Crippen LogP contribution in [0.5, 0.6) is 0 Å². The zero-order valence-electron chi connectivity index (χ0n) is 8.62. The molecule has 0 aromatic carbocycles. The van der Waals surface area contributed by atoms with E-state index in [9.17, 15) is 4.79 Å². The Bertz CT molecular complexity index is 504. The predicted molar refractivity (Wildman–Crippen MR) is 66.6 cm³/mol. The van der Waals surface area contributed by atoms with Crippen molar-refractivity contribution in [1.82, 2.24) is 5.32 Å². The molecule has 0 atom stereocenters. The largest absolute Gasteiger partial charge is 0.459 e. The molecule has 2 heterocycles. The molecule has 84 valence electrons. The Balaban J connectivity index is 1.96.